The SMILES string of the molecule is CC(NC(=O)C1CSC(Cc2ccccc2F)C(=O)N1)c1ccc(S(C)=O)cc1. The fourth-order valence-corrected chi connectivity index (χ4v) is 4.79. The van der Waals surface area contributed by atoms with Gasteiger partial charge >= 0.3 is 0 Å². The lowest BCUT2D eigenvalue weighted by atomic mass is 10.1. The summed E-state index contributed by atoms with van der Waals surface area (Å²) in [6, 6.07) is 12.7. The molecule has 0 spiro atoms. The van der Waals surface area contributed by atoms with Gasteiger partial charge in [0.2, 0.25) is 11.8 Å². The molecule has 0 aliphatic carbocycles. The van der Waals surface area contributed by atoms with E-state index in [-0.39, 0.29) is 23.7 Å². The summed E-state index contributed by atoms with van der Waals surface area (Å²) in [5.74, 6) is -0.414. The van der Waals surface area contributed by atoms with Gasteiger partial charge in [-0.15, -0.1) is 11.8 Å². The van der Waals surface area contributed by atoms with Crippen LogP contribution in [0.1, 0.15) is 24.1 Å². The van der Waals surface area contributed by atoms with Crippen molar-refractivity contribution < 1.29 is 18.2 Å². The van der Waals surface area contributed by atoms with Gasteiger partial charge < -0.3 is 10.6 Å². The van der Waals surface area contributed by atoms with Crippen molar-refractivity contribution in [3.8, 4) is 0 Å². The van der Waals surface area contributed by atoms with Crippen LogP contribution in [0.3, 0.4) is 0 Å². The molecular weight excluding hydrogens is 411 g/mol. The van der Waals surface area contributed by atoms with Gasteiger partial charge in [-0.05, 0) is 42.7 Å². The fourth-order valence-electron chi connectivity index (χ4n) is 3.10. The lowest BCUT2D eigenvalue weighted by molar-refractivity contribution is -0.129. The highest BCUT2D eigenvalue weighted by molar-refractivity contribution is 8.00. The molecule has 0 bridgehead atoms. The molecule has 3 rings (SSSR count). The first-order valence-electron chi connectivity index (χ1n) is 9.24. The Morgan fingerprint density at radius 2 is 1.97 bits per heavy atom. The van der Waals surface area contributed by atoms with Crippen molar-refractivity contribution >= 4 is 34.4 Å². The molecule has 0 saturated carbocycles. The van der Waals surface area contributed by atoms with E-state index in [4.69, 9.17) is 0 Å². The largest absolute Gasteiger partial charge is 0.348 e. The van der Waals surface area contributed by atoms with Gasteiger partial charge in [-0.3, -0.25) is 13.8 Å². The second kappa shape index (κ2) is 9.54. The minimum absolute atomic E-state index is 0.250. The number of benzene rings is 2. The van der Waals surface area contributed by atoms with Crippen LogP contribution in [0.25, 0.3) is 0 Å². The summed E-state index contributed by atoms with van der Waals surface area (Å²) in [7, 11) is -1.05. The summed E-state index contributed by atoms with van der Waals surface area (Å²) in [6.45, 7) is 1.86. The molecule has 2 aromatic carbocycles. The summed E-state index contributed by atoms with van der Waals surface area (Å²) in [5.41, 5.74) is 1.38. The Hall–Kier alpha value is -2.19. The normalized spacial score (nSPS) is 21.1. The highest BCUT2D eigenvalue weighted by Crippen LogP contribution is 2.24. The standard InChI is InChI=1S/C21H23FN2O3S2/c1-13(14-7-9-16(10-8-14)29(2)27)23-20(25)18-12-28-19(21(26)24-18)11-15-5-3-4-6-17(15)22/h3-10,13,18-19H,11-12H2,1-2H3,(H,23,25)(H,24,26). The number of carbonyl (C=O) groups is 2. The molecular formula is C21H23FN2O3S2. The molecule has 2 aromatic rings. The topological polar surface area (TPSA) is 75.3 Å². The van der Waals surface area contributed by atoms with E-state index in [1.807, 2.05) is 19.1 Å². The van der Waals surface area contributed by atoms with E-state index in [0.29, 0.717) is 17.7 Å². The quantitative estimate of drug-likeness (QED) is 0.733. The van der Waals surface area contributed by atoms with Crippen LogP contribution in [-0.4, -0.2) is 39.3 Å². The van der Waals surface area contributed by atoms with Crippen molar-refractivity contribution in [2.24, 2.45) is 0 Å². The van der Waals surface area contributed by atoms with Crippen LogP contribution in [0.2, 0.25) is 0 Å². The predicted octanol–water partition coefficient (Wildman–Crippen LogP) is 2.58. The van der Waals surface area contributed by atoms with Gasteiger partial charge in [-0.2, -0.15) is 0 Å². The van der Waals surface area contributed by atoms with Crippen LogP contribution in [0.4, 0.5) is 4.39 Å². The summed E-state index contributed by atoms with van der Waals surface area (Å²) in [6.07, 6.45) is 1.90. The Morgan fingerprint density at radius 3 is 2.59 bits per heavy atom. The molecule has 2 amide bonds. The third kappa shape index (κ3) is 5.45. The lowest BCUT2D eigenvalue weighted by Gasteiger charge is -2.29. The molecule has 1 aliphatic heterocycles. The molecule has 1 heterocycles. The Kier molecular flexibility index (Phi) is 7.08. The zero-order chi connectivity index (χ0) is 21.0. The van der Waals surface area contributed by atoms with Crippen molar-refractivity contribution in [3.63, 3.8) is 0 Å². The number of hydrogen-bond donors (Lipinski definition) is 2. The van der Waals surface area contributed by atoms with Crippen molar-refractivity contribution in [3.05, 3.63) is 65.5 Å². The van der Waals surface area contributed by atoms with Gasteiger partial charge in [0.1, 0.15) is 11.9 Å². The molecule has 4 unspecified atom stereocenters. The zero-order valence-corrected chi connectivity index (χ0v) is 17.8. The Morgan fingerprint density at radius 1 is 1.28 bits per heavy atom. The van der Waals surface area contributed by atoms with Gasteiger partial charge in [0.25, 0.3) is 0 Å². The zero-order valence-electron chi connectivity index (χ0n) is 16.2. The van der Waals surface area contributed by atoms with E-state index in [1.54, 1.807) is 36.6 Å². The number of halogens is 1. The van der Waals surface area contributed by atoms with Crippen LogP contribution in [-0.2, 0) is 26.8 Å². The van der Waals surface area contributed by atoms with Crippen molar-refractivity contribution in [1.82, 2.24) is 10.6 Å². The molecule has 0 radical (unpaired) electrons. The average molecular weight is 435 g/mol. The van der Waals surface area contributed by atoms with Crippen LogP contribution >= 0.6 is 11.8 Å². The first-order chi connectivity index (χ1) is 13.8. The van der Waals surface area contributed by atoms with Crippen LogP contribution in [0.15, 0.2) is 53.4 Å². The third-order valence-corrected chi connectivity index (χ3v) is 7.07. The fraction of sp³-hybridized carbons (Fsp3) is 0.333. The molecule has 154 valence electrons. The van der Waals surface area contributed by atoms with Gasteiger partial charge in [-0.25, -0.2) is 4.39 Å². The highest BCUT2D eigenvalue weighted by Gasteiger charge is 2.33. The second-order valence-corrected chi connectivity index (χ2v) is 9.55. The maximum Gasteiger partial charge on any atom is 0.243 e. The smallest absolute Gasteiger partial charge is 0.243 e. The number of rotatable bonds is 6. The number of hydrogen-bond acceptors (Lipinski definition) is 4. The van der Waals surface area contributed by atoms with Crippen LogP contribution in [0, 0.1) is 5.82 Å². The Labute approximate surface area is 176 Å². The van der Waals surface area contributed by atoms with Crippen molar-refractivity contribution in [2.75, 3.05) is 12.0 Å². The molecule has 4 atom stereocenters. The van der Waals surface area contributed by atoms with E-state index in [1.165, 1.54) is 17.8 Å². The summed E-state index contributed by atoms with van der Waals surface area (Å²) < 4.78 is 25.3. The number of nitrogens with one attached hydrogen (secondary N) is 2. The molecule has 8 heteroatoms. The van der Waals surface area contributed by atoms with Crippen LogP contribution in [0.5, 0.6) is 0 Å². The Balaban J connectivity index is 1.55. The number of carbonyl (C=O) groups excluding carboxylic acids is 2. The summed E-state index contributed by atoms with van der Waals surface area (Å²) >= 11 is 1.37. The number of amides is 2. The minimum Gasteiger partial charge on any atom is -0.348 e. The minimum atomic E-state index is -1.05. The van der Waals surface area contributed by atoms with E-state index in [2.05, 4.69) is 10.6 Å². The molecule has 29 heavy (non-hydrogen) atoms. The monoisotopic (exact) mass is 434 g/mol. The van der Waals surface area contributed by atoms with Crippen molar-refractivity contribution in [2.45, 2.75) is 35.6 Å². The van der Waals surface area contributed by atoms with Gasteiger partial charge in [-0.1, -0.05) is 30.3 Å². The van der Waals surface area contributed by atoms with Gasteiger partial charge in [0.05, 0.1) is 11.3 Å². The summed E-state index contributed by atoms with van der Waals surface area (Å²) in [5, 5.41) is 5.24. The average Bonchev–Trinajstić information content (AvgIpc) is 2.71. The summed E-state index contributed by atoms with van der Waals surface area (Å²) in [4.78, 5) is 25.7. The maximum absolute atomic E-state index is 13.8. The van der Waals surface area contributed by atoms with E-state index in [9.17, 15) is 18.2 Å². The lowest BCUT2D eigenvalue weighted by Crippen LogP contribution is -2.54. The van der Waals surface area contributed by atoms with Crippen molar-refractivity contribution in [1.29, 1.82) is 0 Å². The maximum atomic E-state index is 13.8. The predicted molar refractivity (Wildman–Crippen MR) is 114 cm³/mol. The van der Waals surface area contributed by atoms with E-state index in [0.717, 1.165) is 10.5 Å². The molecule has 1 fully saturated rings. The first kappa shape index (κ1) is 21.5. The highest BCUT2D eigenvalue weighted by atomic mass is 32.2. The van der Waals surface area contributed by atoms with E-state index >= 15 is 0 Å². The van der Waals surface area contributed by atoms with Gasteiger partial charge in [0, 0.05) is 27.7 Å². The second-order valence-electron chi connectivity index (χ2n) is 6.93. The van der Waals surface area contributed by atoms with Gasteiger partial charge in [0.15, 0.2) is 0 Å². The molecule has 1 saturated heterocycles. The van der Waals surface area contributed by atoms with Crippen LogP contribution < -0.4 is 10.6 Å². The first-order valence-corrected chi connectivity index (χ1v) is 11.8. The molecule has 2 N–H and O–H groups in total. The molecule has 1 aliphatic rings. The molecule has 0 aromatic heterocycles. The molecule has 5 nitrogen and oxygen atoms in total. The number of thioether (sulfide) groups is 1. The third-order valence-electron chi connectivity index (χ3n) is 4.82. The Bertz CT molecular complexity index is 920. The van der Waals surface area contributed by atoms with E-state index < -0.39 is 22.1 Å².